The van der Waals surface area contributed by atoms with E-state index >= 15 is 0 Å². The smallest absolute Gasteiger partial charge is 0.238 e. The highest BCUT2D eigenvalue weighted by atomic mass is 32.2. The van der Waals surface area contributed by atoms with Crippen LogP contribution in [0.2, 0.25) is 0 Å². The third kappa shape index (κ3) is 3.67. The van der Waals surface area contributed by atoms with E-state index < -0.39 is 21.7 Å². The van der Waals surface area contributed by atoms with E-state index in [1.54, 1.807) is 0 Å². The van der Waals surface area contributed by atoms with Gasteiger partial charge >= 0.3 is 0 Å². The van der Waals surface area contributed by atoms with Gasteiger partial charge in [-0.2, -0.15) is 0 Å². The average Bonchev–Trinajstić information content (AvgIpc) is 2.38. The van der Waals surface area contributed by atoms with Crippen molar-refractivity contribution in [3.63, 3.8) is 0 Å². The quantitative estimate of drug-likeness (QED) is 0.750. The number of nitrogens with two attached hydrogens (primary N) is 2. The maximum absolute atomic E-state index is 13.5. The third-order valence-corrected chi connectivity index (χ3v) is 3.75. The van der Waals surface area contributed by atoms with Crippen molar-refractivity contribution in [3.05, 3.63) is 53.6 Å². The predicted octanol–water partition coefficient (Wildman–Crippen LogP) is 1.81. The van der Waals surface area contributed by atoms with Crippen molar-refractivity contribution in [2.75, 3.05) is 11.1 Å². The number of sulfonamides is 1. The number of hydrogen-bond acceptors (Lipinski definition) is 4. The molecule has 0 fully saturated rings. The molecule has 0 aliphatic carbocycles. The van der Waals surface area contributed by atoms with Gasteiger partial charge in [-0.3, -0.25) is 0 Å². The van der Waals surface area contributed by atoms with E-state index in [0.717, 1.165) is 12.1 Å². The van der Waals surface area contributed by atoms with Gasteiger partial charge in [0.15, 0.2) is 0 Å². The molecule has 0 atom stereocenters. The van der Waals surface area contributed by atoms with Crippen LogP contribution in [0.15, 0.2) is 41.3 Å². The molecular formula is C13H13F2N3O2S. The second kappa shape index (κ2) is 5.66. The minimum absolute atomic E-state index is 0.0744. The summed E-state index contributed by atoms with van der Waals surface area (Å²) in [5.41, 5.74) is 6.54. The Bertz CT molecular complexity index is 779. The molecule has 2 rings (SSSR count). The number of nitrogens with one attached hydrogen (secondary N) is 1. The van der Waals surface area contributed by atoms with Crippen LogP contribution in [0.25, 0.3) is 0 Å². The van der Waals surface area contributed by atoms with Crippen LogP contribution in [0.4, 0.5) is 20.2 Å². The molecule has 0 aliphatic heterocycles. The summed E-state index contributed by atoms with van der Waals surface area (Å²) in [4.78, 5) is -0.112. The largest absolute Gasteiger partial charge is 0.397 e. The first kappa shape index (κ1) is 15.2. The SMILES string of the molecule is Nc1cc(S(N)(=O)=O)ccc1NCc1ccc(F)cc1F. The Morgan fingerprint density at radius 1 is 1.10 bits per heavy atom. The summed E-state index contributed by atoms with van der Waals surface area (Å²) in [5, 5.41) is 7.83. The molecule has 5 N–H and O–H groups in total. The molecule has 0 heterocycles. The molecule has 0 amide bonds. The van der Waals surface area contributed by atoms with Crippen LogP contribution in [0.5, 0.6) is 0 Å². The molecule has 0 saturated carbocycles. The third-order valence-electron chi connectivity index (χ3n) is 2.84. The van der Waals surface area contributed by atoms with Crippen molar-refractivity contribution in [3.8, 4) is 0 Å². The maximum atomic E-state index is 13.5. The van der Waals surface area contributed by atoms with Gasteiger partial charge in [0, 0.05) is 18.2 Å². The zero-order chi connectivity index (χ0) is 15.6. The number of nitrogen functional groups attached to an aromatic ring is 1. The van der Waals surface area contributed by atoms with Crippen molar-refractivity contribution >= 4 is 21.4 Å². The summed E-state index contributed by atoms with van der Waals surface area (Å²) < 4.78 is 48.6. The Kier molecular flexibility index (Phi) is 4.10. The number of anilines is 2. The average molecular weight is 313 g/mol. The van der Waals surface area contributed by atoms with Crippen molar-refractivity contribution in [1.82, 2.24) is 0 Å². The van der Waals surface area contributed by atoms with Crippen LogP contribution < -0.4 is 16.2 Å². The van der Waals surface area contributed by atoms with Crippen LogP contribution in [0, 0.1) is 11.6 Å². The molecule has 0 aromatic heterocycles. The summed E-state index contributed by atoms with van der Waals surface area (Å²) in [6, 6.07) is 7.16. The van der Waals surface area contributed by atoms with Gasteiger partial charge in [0.25, 0.3) is 0 Å². The van der Waals surface area contributed by atoms with E-state index in [1.165, 1.54) is 24.3 Å². The van der Waals surface area contributed by atoms with Gasteiger partial charge in [-0.15, -0.1) is 0 Å². The molecule has 0 aliphatic rings. The lowest BCUT2D eigenvalue weighted by Crippen LogP contribution is -2.13. The lowest BCUT2D eigenvalue weighted by Gasteiger charge is -2.11. The highest BCUT2D eigenvalue weighted by Crippen LogP contribution is 2.23. The predicted molar refractivity (Wildman–Crippen MR) is 75.9 cm³/mol. The van der Waals surface area contributed by atoms with Gasteiger partial charge in [-0.05, 0) is 24.3 Å². The van der Waals surface area contributed by atoms with Crippen LogP contribution in [-0.2, 0) is 16.6 Å². The van der Waals surface area contributed by atoms with Gasteiger partial charge in [-0.1, -0.05) is 6.07 Å². The summed E-state index contributed by atoms with van der Waals surface area (Å²) in [6.45, 7) is 0.0744. The number of primary sulfonamides is 1. The van der Waals surface area contributed by atoms with Crippen LogP contribution >= 0.6 is 0 Å². The van der Waals surface area contributed by atoms with E-state index in [9.17, 15) is 17.2 Å². The molecule has 0 radical (unpaired) electrons. The summed E-state index contributed by atoms with van der Waals surface area (Å²) in [7, 11) is -3.83. The Morgan fingerprint density at radius 2 is 1.81 bits per heavy atom. The molecule has 2 aromatic rings. The topological polar surface area (TPSA) is 98.2 Å². The first-order chi connectivity index (χ1) is 9.77. The first-order valence-electron chi connectivity index (χ1n) is 5.87. The Balaban J connectivity index is 2.17. The fraction of sp³-hybridized carbons (Fsp3) is 0.0769. The standard InChI is InChI=1S/C13H13F2N3O2S/c14-9-2-1-8(11(15)5-9)7-18-13-4-3-10(6-12(13)16)21(17,19)20/h1-6,18H,7,16H2,(H2,17,19,20). The number of halogens is 2. The van der Waals surface area contributed by atoms with E-state index in [4.69, 9.17) is 10.9 Å². The fourth-order valence-corrected chi connectivity index (χ4v) is 2.28. The lowest BCUT2D eigenvalue weighted by atomic mass is 10.2. The molecule has 0 bridgehead atoms. The number of hydrogen-bond donors (Lipinski definition) is 3. The van der Waals surface area contributed by atoms with E-state index in [0.29, 0.717) is 5.69 Å². The molecule has 0 spiro atoms. The Hall–Kier alpha value is -2.19. The molecule has 0 saturated heterocycles. The number of rotatable bonds is 4. The Labute approximate surface area is 120 Å². The fourth-order valence-electron chi connectivity index (χ4n) is 1.73. The molecule has 0 unspecified atom stereocenters. The van der Waals surface area contributed by atoms with Crippen LogP contribution in [-0.4, -0.2) is 8.42 Å². The van der Waals surface area contributed by atoms with Gasteiger partial charge in [0.1, 0.15) is 11.6 Å². The highest BCUT2D eigenvalue weighted by molar-refractivity contribution is 7.89. The van der Waals surface area contributed by atoms with Gasteiger partial charge in [0.05, 0.1) is 16.3 Å². The molecule has 21 heavy (non-hydrogen) atoms. The normalized spacial score (nSPS) is 11.4. The van der Waals surface area contributed by atoms with Gasteiger partial charge in [-0.25, -0.2) is 22.3 Å². The lowest BCUT2D eigenvalue weighted by molar-refractivity contribution is 0.574. The summed E-state index contributed by atoms with van der Waals surface area (Å²) in [6.07, 6.45) is 0. The molecule has 8 heteroatoms. The Morgan fingerprint density at radius 3 is 2.38 bits per heavy atom. The zero-order valence-electron chi connectivity index (χ0n) is 10.8. The minimum atomic E-state index is -3.83. The van der Waals surface area contributed by atoms with E-state index in [1.807, 2.05) is 0 Å². The van der Waals surface area contributed by atoms with E-state index in [-0.39, 0.29) is 22.7 Å². The van der Waals surface area contributed by atoms with Crippen LogP contribution in [0.3, 0.4) is 0 Å². The van der Waals surface area contributed by atoms with Crippen molar-refractivity contribution in [2.24, 2.45) is 5.14 Å². The highest BCUT2D eigenvalue weighted by Gasteiger charge is 2.10. The second-order valence-corrected chi connectivity index (χ2v) is 5.94. The molecular weight excluding hydrogens is 300 g/mol. The first-order valence-corrected chi connectivity index (χ1v) is 7.42. The van der Waals surface area contributed by atoms with Crippen molar-refractivity contribution in [2.45, 2.75) is 11.4 Å². The summed E-state index contributed by atoms with van der Waals surface area (Å²) in [5.74, 6) is -1.34. The monoisotopic (exact) mass is 313 g/mol. The van der Waals surface area contributed by atoms with Crippen molar-refractivity contribution < 1.29 is 17.2 Å². The van der Waals surface area contributed by atoms with Gasteiger partial charge < -0.3 is 11.1 Å². The van der Waals surface area contributed by atoms with Crippen LogP contribution in [0.1, 0.15) is 5.56 Å². The molecule has 5 nitrogen and oxygen atoms in total. The number of benzene rings is 2. The molecule has 2 aromatic carbocycles. The second-order valence-electron chi connectivity index (χ2n) is 4.38. The van der Waals surface area contributed by atoms with Crippen molar-refractivity contribution in [1.29, 1.82) is 0 Å². The zero-order valence-corrected chi connectivity index (χ0v) is 11.6. The minimum Gasteiger partial charge on any atom is -0.397 e. The van der Waals surface area contributed by atoms with E-state index in [2.05, 4.69) is 5.32 Å². The molecule has 112 valence electrons. The summed E-state index contributed by atoms with van der Waals surface area (Å²) >= 11 is 0. The maximum Gasteiger partial charge on any atom is 0.238 e. The van der Waals surface area contributed by atoms with Gasteiger partial charge in [0.2, 0.25) is 10.0 Å².